The van der Waals surface area contributed by atoms with Crippen LogP contribution >= 0.6 is 11.3 Å². The van der Waals surface area contributed by atoms with Gasteiger partial charge >= 0.3 is 0 Å². The number of anilines is 1. The average Bonchev–Trinajstić information content (AvgIpc) is 3.37. The Labute approximate surface area is 192 Å². The molecular weight excluding hydrogens is 446 g/mol. The summed E-state index contributed by atoms with van der Waals surface area (Å²) in [4.78, 5) is 13.3. The van der Waals surface area contributed by atoms with E-state index in [0.717, 1.165) is 44.4 Å². The maximum atomic E-state index is 12.1. The molecule has 1 N–H and O–H groups in total. The number of rotatable bonds is 10. The number of nitrogens with zero attached hydrogens (tertiary/aromatic N) is 4. The number of benzene rings is 1. The van der Waals surface area contributed by atoms with E-state index < -0.39 is 10.0 Å². The zero-order valence-electron chi connectivity index (χ0n) is 17.8. The van der Waals surface area contributed by atoms with Gasteiger partial charge in [-0.05, 0) is 41.6 Å². The van der Waals surface area contributed by atoms with Crippen LogP contribution in [0, 0.1) is 0 Å². The third-order valence-electron chi connectivity index (χ3n) is 5.18. The van der Waals surface area contributed by atoms with Crippen molar-refractivity contribution in [1.82, 2.24) is 19.6 Å². The maximum absolute atomic E-state index is 12.1. The Morgan fingerprint density at radius 3 is 2.44 bits per heavy atom. The predicted molar refractivity (Wildman–Crippen MR) is 126 cm³/mol. The lowest BCUT2D eigenvalue weighted by atomic mass is 10.2. The van der Waals surface area contributed by atoms with Gasteiger partial charge in [-0.2, -0.15) is 0 Å². The molecule has 32 heavy (non-hydrogen) atoms. The first-order chi connectivity index (χ1) is 15.6. The predicted octanol–water partition coefficient (Wildman–Crippen LogP) is 2.61. The van der Waals surface area contributed by atoms with Crippen LogP contribution in [0.2, 0.25) is 0 Å². The van der Waals surface area contributed by atoms with Crippen molar-refractivity contribution in [3.8, 4) is 5.75 Å². The van der Waals surface area contributed by atoms with Crippen LogP contribution in [0.3, 0.4) is 0 Å². The standard InChI is InChI=1S/C22H27N5O3S2/c28-32(29,21-4-1-17-31-21)25-11-3-16-30-20-7-5-19(6-8-20)18-26-12-14-27(15-13-26)22-23-9-2-10-24-22/h1-2,4-10,17,25H,3,11-16,18H2. The molecular formula is C22H27N5O3S2. The number of hydrogen-bond donors (Lipinski definition) is 1. The van der Waals surface area contributed by atoms with Crippen LogP contribution in [0.4, 0.5) is 5.95 Å². The third-order valence-corrected chi connectivity index (χ3v) is 8.04. The van der Waals surface area contributed by atoms with E-state index in [9.17, 15) is 8.42 Å². The van der Waals surface area contributed by atoms with Crippen LogP contribution in [0.5, 0.6) is 5.75 Å². The molecule has 1 aromatic carbocycles. The zero-order chi connectivity index (χ0) is 22.2. The van der Waals surface area contributed by atoms with Crippen LogP contribution in [-0.4, -0.2) is 62.6 Å². The normalized spacial score (nSPS) is 15.1. The topological polar surface area (TPSA) is 87.7 Å². The first kappa shape index (κ1) is 22.7. The van der Waals surface area contributed by atoms with Crippen molar-refractivity contribution >= 4 is 27.3 Å². The number of sulfonamides is 1. The van der Waals surface area contributed by atoms with Gasteiger partial charge in [-0.1, -0.05) is 18.2 Å². The summed E-state index contributed by atoms with van der Waals surface area (Å²) >= 11 is 1.21. The number of nitrogens with one attached hydrogen (secondary N) is 1. The van der Waals surface area contributed by atoms with Crippen LogP contribution in [-0.2, 0) is 16.6 Å². The van der Waals surface area contributed by atoms with Gasteiger partial charge in [0.15, 0.2) is 0 Å². The molecule has 0 atom stereocenters. The van der Waals surface area contributed by atoms with E-state index in [1.807, 2.05) is 18.2 Å². The smallest absolute Gasteiger partial charge is 0.250 e. The summed E-state index contributed by atoms with van der Waals surface area (Å²) in [6, 6.07) is 13.3. The Hall–Kier alpha value is -2.53. The molecule has 1 aliphatic rings. The van der Waals surface area contributed by atoms with Gasteiger partial charge in [-0.3, -0.25) is 4.90 Å². The molecule has 0 unspecified atom stereocenters. The molecule has 8 nitrogen and oxygen atoms in total. The second-order valence-electron chi connectivity index (χ2n) is 7.49. The lowest BCUT2D eigenvalue weighted by Gasteiger charge is -2.34. The molecule has 1 saturated heterocycles. The average molecular weight is 474 g/mol. The van der Waals surface area contributed by atoms with Gasteiger partial charge < -0.3 is 9.64 Å². The number of thiophene rings is 1. The van der Waals surface area contributed by atoms with Crippen molar-refractivity contribution in [2.45, 2.75) is 17.2 Å². The van der Waals surface area contributed by atoms with Crippen LogP contribution in [0.25, 0.3) is 0 Å². The molecule has 4 rings (SSSR count). The first-order valence-corrected chi connectivity index (χ1v) is 13.0. The van der Waals surface area contributed by atoms with Gasteiger partial charge in [0, 0.05) is 51.7 Å². The molecule has 170 valence electrons. The SMILES string of the molecule is O=S(=O)(NCCCOc1ccc(CN2CCN(c3ncccn3)CC2)cc1)c1cccs1. The number of aromatic nitrogens is 2. The lowest BCUT2D eigenvalue weighted by molar-refractivity contribution is 0.248. The van der Waals surface area contributed by atoms with Crippen molar-refractivity contribution in [3.05, 3.63) is 65.8 Å². The molecule has 0 radical (unpaired) electrons. The van der Waals surface area contributed by atoms with E-state index >= 15 is 0 Å². The minimum absolute atomic E-state index is 0.337. The summed E-state index contributed by atoms with van der Waals surface area (Å²) in [6.45, 7) is 5.47. The Kier molecular flexibility index (Phi) is 7.69. The molecule has 0 saturated carbocycles. The monoisotopic (exact) mass is 473 g/mol. The van der Waals surface area contributed by atoms with Crippen molar-refractivity contribution in [2.24, 2.45) is 0 Å². The number of ether oxygens (including phenoxy) is 1. The first-order valence-electron chi connectivity index (χ1n) is 10.6. The van der Waals surface area contributed by atoms with Gasteiger partial charge in [0.1, 0.15) is 9.96 Å². The van der Waals surface area contributed by atoms with E-state index in [0.29, 0.717) is 23.8 Å². The second-order valence-corrected chi connectivity index (χ2v) is 10.4. The largest absolute Gasteiger partial charge is 0.494 e. The van der Waals surface area contributed by atoms with E-state index in [-0.39, 0.29) is 0 Å². The molecule has 0 aliphatic carbocycles. The molecule has 0 bridgehead atoms. The summed E-state index contributed by atoms with van der Waals surface area (Å²) in [5.74, 6) is 1.59. The molecule has 1 aliphatic heterocycles. The van der Waals surface area contributed by atoms with Crippen LogP contribution in [0.1, 0.15) is 12.0 Å². The molecule has 1 fully saturated rings. The van der Waals surface area contributed by atoms with Gasteiger partial charge in [-0.15, -0.1) is 11.3 Å². The fourth-order valence-corrected chi connectivity index (χ4v) is 5.58. The highest BCUT2D eigenvalue weighted by Crippen LogP contribution is 2.17. The van der Waals surface area contributed by atoms with E-state index in [1.165, 1.54) is 16.9 Å². The minimum atomic E-state index is -3.40. The van der Waals surface area contributed by atoms with Crippen molar-refractivity contribution in [3.63, 3.8) is 0 Å². The van der Waals surface area contributed by atoms with Crippen molar-refractivity contribution in [1.29, 1.82) is 0 Å². The lowest BCUT2D eigenvalue weighted by Crippen LogP contribution is -2.46. The number of piperazine rings is 1. The molecule has 2 aromatic heterocycles. The highest BCUT2D eigenvalue weighted by atomic mass is 32.2. The van der Waals surface area contributed by atoms with Crippen molar-refractivity contribution in [2.75, 3.05) is 44.2 Å². The molecule has 0 amide bonds. The Balaban J connectivity index is 1.15. The number of hydrogen-bond acceptors (Lipinski definition) is 8. The summed E-state index contributed by atoms with van der Waals surface area (Å²) < 4.78 is 32.8. The highest BCUT2D eigenvalue weighted by Gasteiger charge is 2.18. The van der Waals surface area contributed by atoms with E-state index in [2.05, 4.69) is 36.6 Å². The fourth-order valence-electron chi connectivity index (χ4n) is 3.47. The molecule has 3 aromatic rings. The summed E-state index contributed by atoms with van der Waals surface area (Å²) in [5, 5.41) is 1.75. The van der Waals surface area contributed by atoms with Gasteiger partial charge in [0.2, 0.25) is 16.0 Å². The van der Waals surface area contributed by atoms with E-state index in [4.69, 9.17) is 4.74 Å². The molecule has 3 heterocycles. The fraction of sp³-hybridized carbons (Fsp3) is 0.364. The quantitative estimate of drug-likeness (QED) is 0.453. The third kappa shape index (κ3) is 6.26. The highest BCUT2D eigenvalue weighted by molar-refractivity contribution is 7.91. The van der Waals surface area contributed by atoms with Crippen LogP contribution < -0.4 is 14.4 Å². The Morgan fingerprint density at radius 1 is 1.00 bits per heavy atom. The van der Waals surface area contributed by atoms with Gasteiger partial charge in [0.05, 0.1) is 6.61 Å². The summed E-state index contributed by atoms with van der Waals surface area (Å²) in [5.41, 5.74) is 1.24. The van der Waals surface area contributed by atoms with Crippen LogP contribution in [0.15, 0.2) is 64.4 Å². The minimum Gasteiger partial charge on any atom is -0.494 e. The zero-order valence-corrected chi connectivity index (χ0v) is 19.4. The maximum Gasteiger partial charge on any atom is 0.250 e. The second kappa shape index (κ2) is 10.9. The van der Waals surface area contributed by atoms with E-state index in [1.54, 1.807) is 29.9 Å². The summed E-state index contributed by atoms with van der Waals surface area (Å²) in [6.07, 6.45) is 4.16. The summed E-state index contributed by atoms with van der Waals surface area (Å²) in [7, 11) is -3.40. The Bertz CT molecular complexity index is 1050. The molecule has 10 heteroatoms. The molecule has 0 spiro atoms. The van der Waals surface area contributed by atoms with Crippen molar-refractivity contribution < 1.29 is 13.2 Å². The Morgan fingerprint density at radius 2 is 1.75 bits per heavy atom. The van der Waals surface area contributed by atoms with Gasteiger partial charge in [-0.25, -0.2) is 23.1 Å². The van der Waals surface area contributed by atoms with Gasteiger partial charge in [0.25, 0.3) is 0 Å².